The van der Waals surface area contributed by atoms with Crippen LogP contribution in [0.4, 0.5) is 4.79 Å². The van der Waals surface area contributed by atoms with E-state index in [4.69, 9.17) is 9.47 Å². The minimum absolute atomic E-state index is 0.0169. The topological polar surface area (TPSA) is 64.6 Å². The van der Waals surface area contributed by atoms with E-state index in [-0.39, 0.29) is 18.2 Å². The Kier molecular flexibility index (Phi) is 11.5. The first-order valence-corrected chi connectivity index (χ1v) is 8.87. The fourth-order valence-corrected chi connectivity index (χ4v) is 2.10. The zero-order chi connectivity index (χ0) is 17.7. The fraction of sp³-hybridized carbons (Fsp3) is 0.889. The Morgan fingerprint density at radius 1 is 0.913 bits per heavy atom. The second-order valence-electron chi connectivity index (χ2n) is 7.19. The molecule has 1 N–H and O–H groups in total. The van der Waals surface area contributed by atoms with Crippen LogP contribution in [0.1, 0.15) is 86.0 Å². The summed E-state index contributed by atoms with van der Waals surface area (Å²) in [5.41, 5.74) is -0.439. The lowest BCUT2D eigenvalue weighted by atomic mass is 10.1. The molecule has 0 aliphatic heterocycles. The Morgan fingerprint density at radius 2 is 1.43 bits per heavy atom. The summed E-state index contributed by atoms with van der Waals surface area (Å²) in [6.45, 7) is 9.97. The lowest BCUT2D eigenvalue weighted by molar-refractivity contribution is -0.147. The number of alkyl carbamates (subject to hydrolysis) is 1. The van der Waals surface area contributed by atoms with Crippen molar-refractivity contribution in [2.75, 3.05) is 6.54 Å². The number of ether oxygens (including phenoxy) is 2. The Labute approximate surface area is 141 Å². The van der Waals surface area contributed by atoms with E-state index < -0.39 is 5.60 Å². The lowest BCUT2D eigenvalue weighted by Gasteiger charge is -2.19. The van der Waals surface area contributed by atoms with Gasteiger partial charge in [0.05, 0.1) is 6.10 Å². The number of rotatable bonds is 11. The highest BCUT2D eigenvalue weighted by molar-refractivity contribution is 5.69. The van der Waals surface area contributed by atoms with Crippen molar-refractivity contribution in [3.05, 3.63) is 0 Å². The molecular weight excluding hydrogens is 294 g/mol. The number of carbonyl (C=O) groups is 2. The van der Waals surface area contributed by atoms with Gasteiger partial charge in [0.15, 0.2) is 0 Å². The van der Waals surface area contributed by atoms with Crippen LogP contribution in [0.2, 0.25) is 0 Å². The lowest BCUT2D eigenvalue weighted by Crippen LogP contribution is -2.32. The number of esters is 1. The minimum atomic E-state index is -0.439. The highest BCUT2D eigenvalue weighted by Crippen LogP contribution is 2.10. The monoisotopic (exact) mass is 329 g/mol. The summed E-state index contributed by atoms with van der Waals surface area (Å²) in [5, 5.41) is 2.77. The van der Waals surface area contributed by atoms with Crippen molar-refractivity contribution in [3.63, 3.8) is 0 Å². The van der Waals surface area contributed by atoms with Crippen LogP contribution in [0.25, 0.3) is 0 Å². The molecule has 0 radical (unpaired) electrons. The van der Waals surface area contributed by atoms with Crippen LogP contribution in [-0.4, -0.2) is 30.3 Å². The predicted molar refractivity (Wildman–Crippen MR) is 92.4 cm³/mol. The Bertz CT molecular complexity index is 334. The standard InChI is InChI=1S/C18H35NO4/c1-15(2)22-16(20)13-11-9-7-6-8-10-12-14-19-17(21)23-18(3,4)5/h15H,6-14H2,1-5H3,(H,19,21). The summed E-state index contributed by atoms with van der Waals surface area (Å²) in [5.74, 6) is -0.0896. The van der Waals surface area contributed by atoms with Crippen LogP contribution in [0, 0.1) is 0 Å². The number of carbonyl (C=O) groups excluding carboxylic acids is 2. The van der Waals surface area contributed by atoms with E-state index in [9.17, 15) is 9.59 Å². The molecule has 1 amide bonds. The second-order valence-corrected chi connectivity index (χ2v) is 7.19. The summed E-state index contributed by atoms with van der Waals surface area (Å²) in [7, 11) is 0. The van der Waals surface area contributed by atoms with Gasteiger partial charge in [-0.05, 0) is 47.5 Å². The molecule has 0 saturated heterocycles. The van der Waals surface area contributed by atoms with Crippen molar-refractivity contribution >= 4 is 12.1 Å². The van der Waals surface area contributed by atoms with E-state index in [2.05, 4.69) is 5.32 Å². The van der Waals surface area contributed by atoms with E-state index in [1.54, 1.807) is 0 Å². The predicted octanol–water partition coefficient (Wildman–Crippen LogP) is 4.58. The highest BCUT2D eigenvalue weighted by atomic mass is 16.6. The van der Waals surface area contributed by atoms with Gasteiger partial charge in [-0.25, -0.2) is 4.79 Å². The first-order chi connectivity index (χ1) is 10.7. The Morgan fingerprint density at radius 3 is 1.96 bits per heavy atom. The smallest absolute Gasteiger partial charge is 0.407 e. The van der Waals surface area contributed by atoms with Gasteiger partial charge >= 0.3 is 12.1 Å². The zero-order valence-electron chi connectivity index (χ0n) is 15.6. The molecule has 23 heavy (non-hydrogen) atoms. The molecule has 0 aliphatic carbocycles. The first-order valence-electron chi connectivity index (χ1n) is 8.87. The van der Waals surface area contributed by atoms with Gasteiger partial charge in [-0.1, -0.05) is 32.1 Å². The zero-order valence-corrected chi connectivity index (χ0v) is 15.6. The van der Waals surface area contributed by atoms with E-state index in [0.717, 1.165) is 38.5 Å². The number of hydrogen-bond donors (Lipinski definition) is 1. The molecule has 5 heteroatoms. The van der Waals surface area contributed by atoms with Crippen molar-refractivity contribution in [2.45, 2.75) is 97.7 Å². The van der Waals surface area contributed by atoms with Crippen LogP contribution < -0.4 is 5.32 Å². The maximum absolute atomic E-state index is 11.4. The molecule has 5 nitrogen and oxygen atoms in total. The molecule has 0 atom stereocenters. The molecule has 0 bridgehead atoms. The van der Waals surface area contributed by atoms with Crippen molar-refractivity contribution < 1.29 is 19.1 Å². The van der Waals surface area contributed by atoms with Gasteiger partial charge in [0.1, 0.15) is 5.60 Å². The highest BCUT2D eigenvalue weighted by Gasteiger charge is 2.15. The third-order valence-corrected chi connectivity index (χ3v) is 3.09. The van der Waals surface area contributed by atoms with Gasteiger partial charge in [-0.3, -0.25) is 4.79 Å². The molecule has 136 valence electrons. The molecule has 0 fully saturated rings. The largest absolute Gasteiger partial charge is 0.463 e. The maximum atomic E-state index is 11.4. The molecule has 0 spiro atoms. The summed E-state index contributed by atoms with van der Waals surface area (Å²) < 4.78 is 10.3. The Balaban J connectivity index is 3.31. The molecule has 0 aromatic carbocycles. The molecule has 0 heterocycles. The average molecular weight is 329 g/mol. The third-order valence-electron chi connectivity index (χ3n) is 3.09. The van der Waals surface area contributed by atoms with Crippen molar-refractivity contribution in [2.24, 2.45) is 0 Å². The number of unbranched alkanes of at least 4 members (excludes halogenated alkanes) is 6. The molecule has 0 unspecified atom stereocenters. The Hall–Kier alpha value is -1.26. The van der Waals surface area contributed by atoms with Crippen LogP contribution in [0.15, 0.2) is 0 Å². The van der Waals surface area contributed by atoms with Crippen molar-refractivity contribution in [3.8, 4) is 0 Å². The quantitative estimate of drug-likeness (QED) is 0.445. The SMILES string of the molecule is CC(C)OC(=O)CCCCCCCCCNC(=O)OC(C)(C)C. The first kappa shape index (κ1) is 21.7. The summed E-state index contributed by atoms with van der Waals surface area (Å²) in [6.07, 6.45) is 7.70. The second kappa shape index (κ2) is 12.2. The van der Waals surface area contributed by atoms with Gasteiger partial charge in [-0.2, -0.15) is 0 Å². The minimum Gasteiger partial charge on any atom is -0.463 e. The molecule has 0 aliphatic rings. The van der Waals surface area contributed by atoms with E-state index in [1.807, 2.05) is 34.6 Å². The van der Waals surface area contributed by atoms with Gasteiger partial charge in [0, 0.05) is 13.0 Å². The number of nitrogens with one attached hydrogen (secondary N) is 1. The maximum Gasteiger partial charge on any atom is 0.407 e. The normalized spacial score (nSPS) is 11.4. The summed E-state index contributed by atoms with van der Waals surface area (Å²) in [4.78, 5) is 22.8. The summed E-state index contributed by atoms with van der Waals surface area (Å²) >= 11 is 0. The van der Waals surface area contributed by atoms with E-state index in [1.165, 1.54) is 6.42 Å². The van der Waals surface area contributed by atoms with Crippen LogP contribution in [0.3, 0.4) is 0 Å². The number of amides is 1. The average Bonchev–Trinajstić information content (AvgIpc) is 2.38. The van der Waals surface area contributed by atoms with Gasteiger partial charge in [0.25, 0.3) is 0 Å². The third kappa shape index (κ3) is 16.9. The van der Waals surface area contributed by atoms with Crippen LogP contribution >= 0.6 is 0 Å². The molecular formula is C18H35NO4. The molecule has 0 saturated carbocycles. The molecule has 0 aromatic heterocycles. The van der Waals surface area contributed by atoms with E-state index in [0.29, 0.717) is 13.0 Å². The van der Waals surface area contributed by atoms with Gasteiger partial charge in [0.2, 0.25) is 0 Å². The van der Waals surface area contributed by atoms with Gasteiger partial charge in [-0.15, -0.1) is 0 Å². The fourth-order valence-electron chi connectivity index (χ4n) is 2.10. The van der Waals surface area contributed by atoms with Gasteiger partial charge < -0.3 is 14.8 Å². The molecule has 0 rings (SSSR count). The van der Waals surface area contributed by atoms with Crippen molar-refractivity contribution in [1.29, 1.82) is 0 Å². The van der Waals surface area contributed by atoms with Crippen LogP contribution in [0.5, 0.6) is 0 Å². The number of hydrogen-bond acceptors (Lipinski definition) is 4. The van der Waals surface area contributed by atoms with Crippen LogP contribution in [-0.2, 0) is 14.3 Å². The van der Waals surface area contributed by atoms with Crippen molar-refractivity contribution in [1.82, 2.24) is 5.32 Å². The molecule has 0 aromatic rings. The van der Waals surface area contributed by atoms with E-state index >= 15 is 0 Å². The summed E-state index contributed by atoms with van der Waals surface area (Å²) in [6, 6.07) is 0.